The Balaban J connectivity index is 1.76. The first-order valence-electron chi connectivity index (χ1n) is 8.76. The molecule has 1 N–H and O–H groups in total. The highest BCUT2D eigenvalue weighted by atomic mass is 15.2. The molecule has 1 aromatic carbocycles. The third kappa shape index (κ3) is 4.08. The van der Waals surface area contributed by atoms with Crippen LogP contribution in [-0.4, -0.2) is 30.6 Å². The largest absolute Gasteiger partial charge is 0.313 e. The Morgan fingerprint density at radius 3 is 2.43 bits per heavy atom. The molecule has 0 bridgehead atoms. The summed E-state index contributed by atoms with van der Waals surface area (Å²) in [5.74, 6) is 1.61. The lowest BCUT2D eigenvalue weighted by Gasteiger charge is -2.36. The predicted molar refractivity (Wildman–Crippen MR) is 89.3 cm³/mol. The minimum Gasteiger partial charge on any atom is -0.313 e. The highest BCUT2D eigenvalue weighted by Gasteiger charge is 2.32. The molecule has 1 saturated heterocycles. The van der Waals surface area contributed by atoms with Crippen LogP contribution in [0.3, 0.4) is 0 Å². The van der Waals surface area contributed by atoms with Crippen LogP contribution in [0, 0.1) is 11.8 Å². The molecule has 1 saturated carbocycles. The van der Waals surface area contributed by atoms with E-state index in [1.165, 1.54) is 50.9 Å². The molecule has 21 heavy (non-hydrogen) atoms. The van der Waals surface area contributed by atoms with Crippen LogP contribution in [-0.2, 0) is 0 Å². The topological polar surface area (TPSA) is 15.3 Å². The van der Waals surface area contributed by atoms with Crippen LogP contribution in [0.5, 0.6) is 0 Å². The van der Waals surface area contributed by atoms with E-state index in [1.54, 1.807) is 0 Å². The summed E-state index contributed by atoms with van der Waals surface area (Å²) < 4.78 is 0. The summed E-state index contributed by atoms with van der Waals surface area (Å²) in [7, 11) is 0. The van der Waals surface area contributed by atoms with Crippen molar-refractivity contribution >= 4 is 0 Å². The molecule has 2 nitrogen and oxygen atoms in total. The summed E-state index contributed by atoms with van der Waals surface area (Å²) >= 11 is 0. The van der Waals surface area contributed by atoms with Gasteiger partial charge < -0.3 is 5.32 Å². The van der Waals surface area contributed by atoms with Crippen LogP contribution in [0.1, 0.15) is 51.1 Å². The average Bonchev–Trinajstić information content (AvgIpc) is 3.13. The molecule has 3 rings (SSSR count). The molecule has 1 heterocycles. The van der Waals surface area contributed by atoms with Gasteiger partial charge in [-0.05, 0) is 49.6 Å². The van der Waals surface area contributed by atoms with Gasteiger partial charge in [0.1, 0.15) is 0 Å². The molecule has 0 amide bonds. The second kappa shape index (κ2) is 6.93. The normalized spacial score (nSPS) is 23.9. The fourth-order valence-electron chi connectivity index (χ4n) is 3.80. The monoisotopic (exact) mass is 286 g/mol. The van der Waals surface area contributed by atoms with E-state index >= 15 is 0 Å². The van der Waals surface area contributed by atoms with E-state index in [0.717, 1.165) is 5.92 Å². The molecule has 0 aromatic heterocycles. The summed E-state index contributed by atoms with van der Waals surface area (Å²) in [6.45, 7) is 8.46. The summed E-state index contributed by atoms with van der Waals surface area (Å²) in [6, 6.07) is 12.4. The van der Waals surface area contributed by atoms with E-state index in [1.807, 2.05) is 0 Å². The van der Waals surface area contributed by atoms with Crippen molar-refractivity contribution < 1.29 is 0 Å². The van der Waals surface area contributed by atoms with E-state index < -0.39 is 0 Å². The van der Waals surface area contributed by atoms with Crippen LogP contribution < -0.4 is 5.32 Å². The van der Waals surface area contributed by atoms with Crippen molar-refractivity contribution in [2.45, 2.75) is 51.6 Å². The smallest absolute Gasteiger partial charge is 0.0371 e. The summed E-state index contributed by atoms with van der Waals surface area (Å²) in [6.07, 6.45) is 5.57. The van der Waals surface area contributed by atoms with E-state index in [0.29, 0.717) is 18.0 Å². The van der Waals surface area contributed by atoms with Gasteiger partial charge in [0.2, 0.25) is 0 Å². The lowest BCUT2D eigenvalue weighted by atomic mass is 9.93. The van der Waals surface area contributed by atoms with Crippen LogP contribution in [0.2, 0.25) is 0 Å². The highest BCUT2D eigenvalue weighted by Crippen LogP contribution is 2.36. The number of nitrogens with zero attached hydrogens (tertiary/aromatic N) is 1. The molecule has 1 aromatic rings. The third-order valence-electron chi connectivity index (χ3n) is 4.97. The Bertz CT molecular complexity index is 418. The summed E-state index contributed by atoms with van der Waals surface area (Å²) in [5.41, 5.74) is 1.49. The highest BCUT2D eigenvalue weighted by molar-refractivity contribution is 5.20. The van der Waals surface area contributed by atoms with Crippen LogP contribution in [0.4, 0.5) is 0 Å². The molecule has 2 atom stereocenters. The van der Waals surface area contributed by atoms with Crippen molar-refractivity contribution in [2.75, 3.05) is 19.6 Å². The first-order chi connectivity index (χ1) is 10.2. The van der Waals surface area contributed by atoms with Crippen molar-refractivity contribution in [1.82, 2.24) is 10.2 Å². The van der Waals surface area contributed by atoms with Gasteiger partial charge in [-0.15, -0.1) is 0 Å². The maximum Gasteiger partial charge on any atom is 0.0371 e. The van der Waals surface area contributed by atoms with E-state index in [2.05, 4.69) is 54.4 Å². The van der Waals surface area contributed by atoms with Gasteiger partial charge in [-0.3, -0.25) is 4.90 Å². The van der Waals surface area contributed by atoms with Crippen LogP contribution in [0.15, 0.2) is 30.3 Å². The number of nitrogens with one attached hydrogen (secondary N) is 1. The molecule has 2 heteroatoms. The van der Waals surface area contributed by atoms with Gasteiger partial charge in [-0.2, -0.15) is 0 Å². The molecule has 1 aliphatic heterocycles. The van der Waals surface area contributed by atoms with Gasteiger partial charge in [0, 0.05) is 25.2 Å². The predicted octanol–water partition coefficient (Wildman–Crippen LogP) is 3.85. The standard InChI is InChI=1S/C19H30N2/c1-15(2)19(17-7-4-3-5-8-17)21(13-16-10-11-16)14-18-9-6-12-20-18/h3-5,7-8,15-16,18-20H,6,9-14H2,1-2H3. The molecule has 0 radical (unpaired) electrons. The van der Waals surface area contributed by atoms with Gasteiger partial charge in [-0.25, -0.2) is 0 Å². The van der Waals surface area contributed by atoms with Crippen molar-refractivity contribution in [3.05, 3.63) is 35.9 Å². The zero-order valence-electron chi connectivity index (χ0n) is 13.6. The average molecular weight is 286 g/mol. The van der Waals surface area contributed by atoms with Gasteiger partial charge >= 0.3 is 0 Å². The second-order valence-corrected chi connectivity index (χ2v) is 7.29. The number of hydrogen-bond donors (Lipinski definition) is 1. The zero-order valence-corrected chi connectivity index (χ0v) is 13.6. The minimum absolute atomic E-state index is 0.564. The van der Waals surface area contributed by atoms with Gasteiger partial charge in [0.05, 0.1) is 0 Å². The second-order valence-electron chi connectivity index (χ2n) is 7.29. The Labute approximate surface area is 129 Å². The van der Waals surface area contributed by atoms with Crippen molar-refractivity contribution in [3.8, 4) is 0 Å². The van der Waals surface area contributed by atoms with E-state index in [-0.39, 0.29) is 0 Å². The van der Waals surface area contributed by atoms with Crippen molar-refractivity contribution in [2.24, 2.45) is 11.8 Å². The fourth-order valence-corrected chi connectivity index (χ4v) is 3.80. The fraction of sp³-hybridized carbons (Fsp3) is 0.684. The third-order valence-corrected chi connectivity index (χ3v) is 4.97. The van der Waals surface area contributed by atoms with Gasteiger partial charge in [-0.1, -0.05) is 44.2 Å². The first-order valence-corrected chi connectivity index (χ1v) is 8.76. The summed E-state index contributed by atoms with van der Waals surface area (Å²) in [4.78, 5) is 2.78. The maximum absolute atomic E-state index is 3.68. The quantitative estimate of drug-likeness (QED) is 0.819. The van der Waals surface area contributed by atoms with E-state index in [9.17, 15) is 0 Å². The Hall–Kier alpha value is -0.860. The maximum atomic E-state index is 3.68. The molecule has 1 aliphatic carbocycles. The van der Waals surface area contributed by atoms with Crippen LogP contribution in [0.25, 0.3) is 0 Å². The Morgan fingerprint density at radius 1 is 1.10 bits per heavy atom. The number of rotatable bonds is 7. The minimum atomic E-state index is 0.564. The lowest BCUT2D eigenvalue weighted by Crippen LogP contribution is -2.42. The van der Waals surface area contributed by atoms with Gasteiger partial charge in [0.15, 0.2) is 0 Å². The summed E-state index contributed by atoms with van der Waals surface area (Å²) in [5, 5.41) is 3.68. The zero-order chi connectivity index (χ0) is 14.7. The van der Waals surface area contributed by atoms with E-state index in [4.69, 9.17) is 0 Å². The molecular weight excluding hydrogens is 256 g/mol. The van der Waals surface area contributed by atoms with Crippen LogP contribution >= 0.6 is 0 Å². The van der Waals surface area contributed by atoms with Gasteiger partial charge in [0.25, 0.3) is 0 Å². The number of hydrogen-bond acceptors (Lipinski definition) is 2. The Kier molecular flexibility index (Phi) is 4.97. The molecular formula is C19H30N2. The number of benzene rings is 1. The first kappa shape index (κ1) is 15.1. The molecule has 2 unspecified atom stereocenters. The SMILES string of the molecule is CC(C)C(c1ccccc1)N(CC1CC1)CC1CCCN1. The molecule has 2 aliphatic rings. The molecule has 116 valence electrons. The molecule has 2 fully saturated rings. The Morgan fingerprint density at radius 2 is 1.86 bits per heavy atom. The van der Waals surface area contributed by atoms with Crippen molar-refractivity contribution in [1.29, 1.82) is 0 Å². The van der Waals surface area contributed by atoms with Crippen molar-refractivity contribution in [3.63, 3.8) is 0 Å². The molecule has 0 spiro atoms. The lowest BCUT2D eigenvalue weighted by molar-refractivity contribution is 0.136.